The van der Waals surface area contributed by atoms with E-state index in [2.05, 4.69) is 54.4 Å². The molecule has 2 rings (SSSR count). The number of hydrogen-bond donors (Lipinski definition) is 0. The second kappa shape index (κ2) is 5.86. The van der Waals surface area contributed by atoms with Crippen LogP contribution in [0, 0.1) is 5.82 Å². The van der Waals surface area contributed by atoms with Crippen molar-refractivity contribution in [3.05, 3.63) is 34.7 Å². The number of hydrogen-bond acceptors (Lipinski definition) is 1. The molecule has 0 radical (unpaired) electrons. The van der Waals surface area contributed by atoms with E-state index >= 15 is 0 Å². The molecule has 0 saturated heterocycles. The number of rotatable bonds is 4. The molecular weight excluding hydrogens is 349 g/mol. The number of fused-ring (bicyclic) bond motifs is 1. The summed E-state index contributed by atoms with van der Waals surface area (Å²) in [5.41, 5.74) is 0.903. The Balaban J connectivity index is 2.12. The monoisotopic (exact) mass is 371 g/mol. The zero-order chi connectivity index (χ0) is 15.8. The van der Waals surface area contributed by atoms with Crippen molar-refractivity contribution in [2.24, 2.45) is 0 Å². The molecule has 0 amide bonds. The Morgan fingerprint density at radius 3 is 2.57 bits per heavy atom. The van der Waals surface area contributed by atoms with Crippen molar-refractivity contribution < 1.29 is 8.82 Å². The van der Waals surface area contributed by atoms with E-state index in [0.717, 1.165) is 21.9 Å². The van der Waals surface area contributed by atoms with Crippen molar-refractivity contribution in [1.82, 2.24) is 4.57 Å². The Labute approximate surface area is 135 Å². The topological polar surface area (TPSA) is 14.2 Å². The number of benzene rings is 1. The molecule has 0 aliphatic carbocycles. The van der Waals surface area contributed by atoms with Crippen LogP contribution in [0.5, 0.6) is 0 Å². The number of nitrogens with zero attached hydrogens (tertiary/aromatic N) is 1. The fourth-order valence-corrected chi connectivity index (χ4v) is 3.62. The van der Waals surface area contributed by atoms with Gasteiger partial charge in [0.2, 0.25) is 0 Å². The Kier molecular flexibility index (Phi) is 4.66. The normalized spacial score (nSPS) is 13.1. The van der Waals surface area contributed by atoms with E-state index in [-0.39, 0.29) is 10.9 Å². The van der Waals surface area contributed by atoms with Gasteiger partial charge in [-0.1, -0.05) is 20.8 Å². The van der Waals surface area contributed by atoms with Gasteiger partial charge in [-0.3, -0.25) is 0 Å². The second-order valence-electron chi connectivity index (χ2n) is 6.94. The molecular formula is C16H23BrFNOSi. The standard InChI is InChI=1S/C16H23BrFNOSi/c1-16(2,3)21(4,5)20-9-8-19-7-6-13-14(17)10-12(18)11-15(13)19/h6-7,10-11H,8-9H2,1-5H3. The molecule has 0 saturated carbocycles. The summed E-state index contributed by atoms with van der Waals surface area (Å²) in [6.07, 6.45) is 1.99. The van der Waals surface area contributed by atoms with Crippen LogP contribution < -0.4 is 0 Å². The van der Waals surface area contributed by atoms with Gasteiger partial charge in [-0.15, -0.1) is 0 Å². The van der Waals surface area contributed by atoms with Gasteiger partial charge >= 0.3 is 0 Å². The first-order valence-electron chi connectivity index (χ1n) is 7.20. The maximum atomic E-state index is 13.6. The second-order valence-corrected chi connectivity index (χ2v) is 12.6. The highest BCUT2D eigenvalue weighted by Crippen LogP contribution is 2.36. The van der Waals surface area contributed by atoms with Crippen molar-refractivity contribution in [2.75, 3.05) is 6.61 Å². The molecule has 0 unspecified atom stereocenters. The molecule has 0 spiro atoms. The van der Waals surface area contributed by atoms with Crippen molar-refractivity contribution in [1.29, 1.82) is 0 Å². The van der Waals surface area contributed by atoms with Crippen molar-refractivity contribution in [3.8, 4) is 0 Å². The first-order valence-corrected chi connectivity index (χ1v) is 10.9. The van der Waals surface area contributed by atoms with Crippen molar-refractivity contribution >= 4 is 35.2 Å². The van der Waals surface area contributed by atoms with Crippen LogP contribution in [0.25, 0.3) is 10.9 Å². The van der Waals surface area contributed by atoms with Gasteiger partial charge in [0.25, 0.3) is 0 Å². The minimum atomic E-state index is -1.72. The third-order valence-corrected chi connectivity index (χ3v) is 9.60. The first-order chi connectivity index (χ1) is 9.62. The van der Waals surface area contributed by atoms with Crippen LogP contribution in [-0.4, -0.2) is 19.5 Å². The van der Waals surface area contributed by atoms with Gasteiger partial charge in [0.1, 0.15) is 5.82 Å². The average Bonchev–Trinajstić information content (AvgIpc) is 2.71. The summed E-state index contributed by atoms with van der Waals surface area (Å²) in [7, 11) is -1.72. The van der Waals surface area contributed by atoms with E-state index < -0.39 is 8.32 Å². The summed E-state index contributed by atoms with van der Waals surface area (Å²) in [5.74, 6) is -0.223. The maximum Gasteiger partial charge on any atom is 0.192 e. The third-order valence-electron chi connectivity index (χ3n) is 4.40. The molecule has 1 aromatic carbocycles. The van der Waals surface area contributed by atoms with Gasteiger partial charge in [-0.05, 0) is 52.3 Å². The van der Waals surface area contributed by atoms with Crippen molar-refractivity contribution in [2.45, 2.75) is 45.4 Å². The fourth-order valence-electron chi connectivity index (χ4n) is 2.03. The van der Waals surface area contributed by atoms with Gasteiger partial charge in [-0.2, -0.15) is 0 Å². The largest absolute Gasteiger partial charge is 0.415 e. The van der Waals surface area contributed by atoms with Crippen LogP contribution in [0.4, 0.5) is 4.39 Å². The predicted octanol–water partition coefficient (Wildman–Crippen LogP) is 5.56. The lowest BCUT2D eigenvalue weighted by molar-refractivity contribution is 0.273. The number of halogens is 2. The predicted molar refractivity (Wildman–Crippen MR) is 92.7 cm³/mol. The zero-order valence-corrected chi connectivity index (χ0v) is 15.9. The van der Waals surface area contributed by atoms with Gasteiger partial charge < -0.3 is 8.99 Å². The average molecular weight is 372 g/mol. The van der Waals surface area contributed by atoms with Gasteiger partial charge in [0.05, 0.1) is 12.1 Å². The van der Waals surface area contributed by atoms with Crippen LogP contribution in [0.1, 0.15) is 20.8 Å². The fraction of sp³-hybridized carbons (Fsp3) is 0.500. The SMILES string of the molecule is CC(C)(C)[Si](C)(C)OCCn1ccc2c(Br)cc(F)cc21. The van der Waals surface area contributed by atoms with Crippen LogP contribution in [0.3, 0.4) is 0 Å². The molecule has 2 aromatic rings. The van der Waals surface area contributed by atoms with E-state index in [4.69, 9.17) is 4.43 Å². The van der Waals surface area contributed by atoms with Crippen LogP contribution >= 0.6 is 15.9 Å². The quantitative estimate of drug-likeness (QED) is 0.641. The van der Waals surface area contributed by atoms with Crippen LogP contribution in [-0.2, 0) is 11.0 Å². The first kappa shape index (κ1) is 16.7. The van der Waals surface area contributed by atoms with Gasteiger partial charge in [0.15, 0.2) is 8.32 Å². The Morgan fingerprint density at radius 2 is 1.95 bits per heavy atom. The minimum Gasteiger partial charge on any atom is -0.415 e. The van der Waals surface area contributed by atoms with Crippen molar-refractivity contribution in [3.63, 3.8) is 0 Å². The van der Waals surface area contributed by atoms with E-state index in [9.17, 15) is 4.39 Å². The van der Waals surface area contributed by atoms with E-state index in [1.165, 1.54) is 6.07 Å². The lowest BCUT2D eigenvalue weighted by atomic mass is 10.2. The lowest BCUT2D eigenvalue weighted by Crippen LogP contribution is -2.41. The Hall–Kier alpha value is -0.653. The highest BCUT2D eigenvalue weighted by atomic mass is 79.9. The van der Waals surface area contributed by atoms with Crippen LogP contribution in [0.15, 0.2) is 28.9 Å². The molecule has 21 heavy (non-hydrogen) atoms. The number of aromatic nitrogens is 1. The zero-order valence-electron chi connectivity index (χ0n) is 13.3. The molecule has 1 aromatic heterocycles. The van der Waals surface area contributed by atoms with Gasteiger partial charge in [-0.25, -0.2) is 4.39 Å². The summed E-state index contributed by atoms with van der Waals surface area (Å²) in [5, 5.41) is 1.24. The lowest BCUT2D eigenvalue weighted by Gasteiger charge is -2.36. The Morgan fingerprint density at radius 1 is 1.29 bits per heavy atom. The highest BCUT2D eigenvalue weighted by molar-refractivity contribution is 9.10. The summed E-state index contributed by atoms with van der Waals surface area (Å²) in [4.78, 5) is 0. The van der Waals surface area contributed by atoms with Crippen LogP contribution in [0.2, 0.25) is 18.1 Å². The van der Waals surface area contributed by atoms with E-state index in [1.54, 1.807) is 6.07 Å². The maximum absolute atomic E-state index is 13.6. The highest BCUT2D eigenvalue weighted by Gasteiger charge is 2.36. The summed E-state index contributed by atoms with van der Waals surface area (Å²) in [6, 6.07) is 5.08. The molecule has 0 aliphatic heterocycles. The smallest absolute Gasteiger partial charge is 0.192 e. The molecule has 0 aliphatic rings. The molecule has 0 bridgehead atoms. The Bertz CT molecular complexity index is 645. The summed E-state index contributed by atoms with van der Waals surface area (Å²) >= 11 is 3.41. The van der Waals surface area contributed by atoms with E-state index in [0.29, 0.717) is 6.61 Å². The summed E-state index contributed by atoms with van der Waals surface area (Å²) in [6.45, 7) is 12.6. The summed E-state index contributed by atoms with van der Waals surface area (Å²) < 4.78 is 22.6. The molecule has 1 heterocycles. The molecule has 116 valence electrons. The molecule has 0 N–H and O–H groups in total. The third kappa shape index (κ3) is 3.58. The minimum absolute atomic E-state index is 0.209. The molecule has 2 nitrogen and oxygen atoms in total. The van der Waals surface area contributed by atoms with Gasteiger partial charge in [0, 0.05) is 22.6 Å². The van der Waals surface area contributed by atoms with E-state index in [1.807, 2.05) is 12.3 Å². The molecule has 5 heteroatoms. The molecule has 0 atom stereocenters. The molecule has 0 fully saturated rings.